The molecular weight excluding hydrogens is 242 g/mol. The number of carbonyl (C=O) groups excluding carboxylic acids is 1. The van der Waals surface area contributed by atoms with Crippen molar-refractivity contribution in [2.24, 2.45) is 0 Å². The van der Waals surface area contributed by atoms with Crippen LogP contribution >= 0.6 is 11.6 Å². The molecule has 2 aromatic rings. The molecule has 0 unspecified atom stereocenters. The van der Waals surface area contributed by atoms with Crippen molar-refractivity contribution < 1.29 is 9.90 Å². The summed E-state index contributed by atoms with van der Waals surface area (Å²) in [4.78, 5) is 11.7. The third kappa shape index (κ3) is 2.76. The number of hydrogen-bond acceptors (Lipinski definition) is 3. The number of amides is 1. The SMILES string of the molecule is O=C(NCc1cn[nH]c1)c1ccc(O)c(Cl)c1. The molecule has 0 aliphatic rings. The number of aromatic hydroxyl groups is 1. The normalized spacial score (nSPS) is 10.2. The third-order valence-corrected chi connectivity index (χ3v) is 2.52. The first-order valence-corrected chi connectivity index (χ1v) is 5.29. The van der Waals surface area contributed by atoms with Gasteiger partial charge in [0.15, 0.2) is 0 Å². The van der Waals surface area contributed by atoms with Crippen LogP contribution in [0.25, 0.3) is 0 Å². The molecule has 0 fully saturated rings. The lowest BCUT2D eigenvalue weighted by molar-refractivity contribution is 0.0951. The molecule has 3 N–H and O–H groups in total. The number of nitrogens with one attached hydrogen (secondary N) is 2. The minimum Gasteiger partial charge on any atom is -0.506 e. The monoisotopic (exact) mass is 251 g/mol. The Labute approximate surface area is 102 Å². The lowest BCUT2D eigenvalue weighted by Gasteiger charge is -2.04. The number of benzene rings is 1. The molecule has 5 nitrogen and oxygen atoms in total. The largest absolute Gasteiger partial charge is 0.506 e. The van der Waals surface area contributed by atoms with E-state index in [4.69, 9.17) is 11.6 Å². The quantitative estimate of drug-likeness (QED) is 0.777. The summed E-state index contributed by atoms with van der Waals surface area (Å²) in [6.07, 6.45) is 3.33. The van der Waals surface area contributed by atoms with Gasteiger partial charge in [0.05, 0.1) is 11.2 Å². The zero-order chi connectivity index (χ0) is 12.3. The summed E-state index contributed by atoms with van der Waals surface area (Å²) < 4.78 is 0. The minimum absolute atomic E-state index is 0.0435. The topological polar surface area (TPSA) is 78.0 Å². The molecule has 0 radical (unpaired) electrons. The van der Waals surface area contributed by atoms with Gasteiger partial charge in [-0.3, -0.25) is 9.89 Å². The Morgan fingerprint density at radius 2 is 2.35 bits per heavy atom. The molecule has 6 heteroatoms. The number of H-pyrrole nitrogens is 1. The highest BCUT2D eigenvalue weighted by molar-refractivity contribution is 6.32. The molecule has 0 saturated heterocycles. The number of phenolic OH excluding ortho intramolecular Hbond substituents is 1. The highest BCUT2D eigenvalue weighted by atomic mass is 35.5. The van der Waals surface area contributed by atoms with Gasteiger partial charge in [-0.2, -0.15) is 5.10 Å². The summed E-state index contributed by atoms with van der Waals surface area (Å²) >= 11 is 5.71. The van der Waals surface area contributed by atoms with E-state index in [0.717, 1.165) is 5.56 Å². The van der Waals surface area contributed by atoms with Gasteiger partial charge < -0.3 is 10.4 Å². The highest BCUT2D eigenvalue weighted by Crippen LogP contribution is 2.23. The molecule has 0 spiro atoms. The van der Waals surface area contributed by atoms with E-state index in [1.165, 1.54) is 18.2 Å². The molecule has 2 rings (SSSR count). The highest BCUT2D eigenvalue weighted by Gasteiger charge is 2.08. The van der Waals surface area contributed by atoms with Crippen molar-refractivity contribution in [2.45, 2.75) is 6.54 Å². The van der Waals surface area contributed by atoms with Crippen molar-refractivity contribution in [1.82, 2.24) is 15.5 Å². The average molecular weight is 252 g/mol. The summed E-state index contributed by atoms with van der Waals surface area (Å²) in [5.74, 6) is -0.300. The van der Waals surface area contributed by atoms with E-state index in [1.54, 1.807) is 12.4 Å². The summed E-state index contributed by atoms with van der Waals surface area (Å²) in [5.41, 5.74) is 1.28. The first-order chi connectivity index (χ1) is 8.16. The van der Waals surface area contributed by atoms with E-state index in [1.807, 2.05) is 0 Å². The van der Waals surface area contributed by atoms with Crippen LogP contribution in [0.4, 0.5) is 0 Å². The molecule has 1 heterocycles. The Hall–Kier alpha value is -2.01. The third-order valence-electron chi connectivity index (χ3n) is 2.22. The lowest BCUT2D eigenvalue weighted by Crippen LogP contribution is -2.22. The van der Waals surface area contributed by atoms with E-state index in [9.17, 15) is 9.90 Å². The molecule has 88 valence electrons. The van der Waals surface area contributed by atoms with Crippen LogP contribution in [0.1, 0.15) is 15.9 Å². The molecule has 0 aliphatic heterocycles. The van der Waals surface area contributed by atoms with Crippen molar-refractivity contribution in [2.75, 3.05) is 0 Å². The summed E-state index contributed by atoms with van der Waals surface area (Å²) in [6, 6.07) is 4.31. The minimum atomic E-state index is -0.256. The number of carbonyl (C=O) groups is 1. The van der Waals surface area contributed by atoms with Crippen LogP contribution < -0.4 is 5.32 Å². The van der Waals surface area contributed by atoms with Gasteiger partial charge in [-0.05, 0) is 18.2 Å². The standard InChI is InChI=1S/C11H10ClN3O2/c12-9-3-8(1-2-10(9)16)11(17)13-4-7-5-14-15-6-7/h1-3,5-6,16H,4H2,(H,13,17)(H,14,15). The Bertz CT molecular complexity index is 526. The van der Waals surface area contributed by atoms with Crippen LogP contribution in [0.5, 0.6) is 5.75 Å². The fraction of sp³-hybridized carbons (Fsp3) is 0.0909. The second-order valence-corrected chi connectivity index (χ2v) is 3.86. The first kappa shape index (κ1) is 11.5. The Kier molecular flexibility index (Phi) is 3.30. The van der Waals surface area contributed by atoms with Crippen molar-refractivity contribution in [3.05, 3.63) is 46.7 Å². The number of rotatable bonds is 3. The zero-order valence-corrected chi connectivity index (χ0v) is 9.53. The van der Waals surface area contributed by atoms with Gasteiger partial charge in [-0.1, -0.05) is 11.6 Å². The van der Waals surface area contributed by atoms with Gasteiger partial charge in [0.2, 0.25) is 0 Å². The van der Waals surface area contributed by atoms with Gasteiger partial charge in [0.25, 0.3) is 5.91 Å². The average Bonchev–Trinajstić information content (AvgIpc) is 2.82. The molecular formula is C11H10ClN3O2. The molecule has 0 bridgehead atoms. The van der Waals surface area contributed by atoms with Gasteiger partial charge in [0, 0.05) is 23.9 Å². The summed E-state index contributed by atoms with van der Waals surface area (Å²) in [5, 5.41) is 18.5. The Balaban J connectivity index is 2.02. The molecule has 1 amide bonds. The molecule has 0 aliphatic carbocycles. The van der Waals surface area contributed by atoms with Crippen LogP contribution in [0.15, 0.2) is 30.6 Å². The predicted octanol–water partition coefficient (Wildman–Crippen LogP) is 1.70. The van der Waals surface area contributed by atoms with Crippen molar-refractivity contribution in [3.8, 4) is 5.75 Å². The van der Waals surface area contributed by atoms with Gasteiger partial charge in [-0.25, -0.2) is 0 Å². The first-order valence-electron chi connectivity index (χ1n) is 4.91. The maximum absolute atomic E-state index is 11.7. The molecule has 1 aromatic heterocycles. The van der Waals surface area contributed by atoms with Crippen LogP contribution in [-0.4, -0.2) is 21.2 Å². The number of halogens is 1. The fourth-order valence-electron chi connectivity index (χ4n) is 1.31. The maximum atomic E-state index is 11.7. The summed E-state index contributed by atoms with van der Waals surface area (Å²) in [7, 11) is 0. The Morgan fingerprint density at radius 3 is 3.00 bits per heavy atom. The van der Waals surface area contributed by atoms with Crippen molar-refractivity contribution in [1.29, 1.82) is 0 Å². The number of nitrogens with zero attached hydrogens (tertiary/aromatic N) is 1. The second-order valence-electron chi connectivity index (χ2n) is 3.46. The van der Waals surface area contributed by atoms with Crippen LogP contribution in [-0.2, 0) is 6.54 Å². The van der Waals surface area contributed by atoms with Crippen LogP contribution in [0.2, 0.25) is 5.02 Å². The number of aromatic amines is 1. The summed E-state index contributed by atoms with van der Waals surface area (Å²) in [6.45, 7) is 0.383. The van der Waals surface area contributed by atoms with Crippen LogP contribution in [0, 0.1) is 0 Å². The zero-order valence-electron chi connectivity index (χ0n) is 8.77. The van der Waals surface area contributed by atoms with E-state index in [0.29, 0.717) is 12.1 Å². The second kappa shape index (κ2) is 4.88. The molecule has 1 aromatic carbocycles. The molecule has 0 atom stereocenters. The van der Waals surface area contributed by atoms with Crippen molar-refractivity contribution >= 4 is 17.5 Å². The van der Waals surface area contributed by atoms with E-state index in [2.05, 4.69) is 15.5 Å². The number of hydrogen-bond donors (Lipinski definition) is 3. The van der Waals surface area contributed by atoms with E-state index in [-0.39, 0.29) is 16.7 Å². The Morgan fingerprint density at radius 1 is 1.53 bits per heavy atom. The van der Waals surface area contributed by atoms with Gasteiger partial charge in [0.1, 0.15) is 5.75 Å². The van der Waals surface area contributed by atoms with Crippen LogP contribution in [0.3, 0.4) is 0 Å². The fourth-order valence-corrected chi connectivity index (χ4v) is 1.49. The lowest BCUT2D eigenvalue weighted by atomic mass is 10.2. The number of aromatic nitrogens is 2. The maximum Gasteiger partial charge on any atom is 0.251 e. The smallest absolute Gasteiger partial charge is 0.251 e. The van der Waals surface area contributed by atoms with Crippen molar-refractivity contribution in [3.63, 3.8) is 0 Å². The predicted molar refractivity (Wildman–Crippen MR) is 62.9 cm³/mol. The van der Waals surface area contributed by atoms with E-state index >= 15 is 0 Å². The molecule has 0 saturated carbocycles. The van der Waals surface area contributed by atoms with E-state index < -0.39 is 0 Å². The van der Waals surface area contributed by atoms with Gasteiger partial charge >= 0.3 is 0 Å². The van der Waals surface area contributed by atoms with Gasteiger partial charge in [-0.15, -0.1) is 0 Å². The molecule has 17 heavy (non-hydrogen) atoms. The number of phenols is 1.